The van der Waals surface area contributed by atoms with Crippen molar-refractivity contribution >= 4 is 23.1 Å². The second-order valence-corrected chi connectivity index (χ2v) is 10.5. The molecule has 0 saturated carbocycles. The predicted molar refractivity (Wildman–Crippen MR) is 153 cm³/mol. The van der Waals surface area contributed by atoms with E-state index >= 15 is 0 Å². The van der Waals surface area contributed by atoms with Gasteiger partial charge in [0.15, 0.2) is 0 Å². The summed E-state index contributed by atoms with van der Waals surface area (Å²) in [5.74, 6) is 1.72. The summed E-state index contributed by atoms with van der Waals surface area (Å²) in [6.07, 6.45) is 4.05. The predicted octanol–water partition coefficient (Wildman–Crippen LogP) is 4.74. The van der Waals surface area contributed by atoms with Crippen molar-refractivity contribution in [3.05, 3.63) is 64.8 Å². The standard InChI is InChI=1S/C30H40N6O2/c1-5-11-34-13-15-35(16-14-34)12-6-17-38-28-10-8-24(19-23(28)3)30(37)36-21-25-20-31-33(4)29(25)32-26-18-22(2)7-9-27(26)36/h7-10,18-20,32H,5-6,11-17,21H2,1-4H3. The maximum Gasteiger partial charge on any atom is 0.258 e. The lowest BCUT2D eigenvalue weighted by Crippen LogP contribution is -2.46. The van der Waals surface area contributed by atoms with E-state index in [0.29, 0.717) is 18.7 Å². The monoisotopic (exact) mass is 516 g/mol. The summed E-state index contributed by atoms with van der Waals surface area (Å²) < 4.78 is 7.94. The van der Waals surface area contributed by atoms with Gasteiger partial charge in [-0.25, -0.2) is 0 Å². The number of nitrogens with one attached hydrogen (secondary N) is 1. The summed E-state index contributed by atoms with van der Waals surface area (Å²) in [6, 6.07) is 11.9. The lowest BCUT2D eigenvalue weighted by molar-refractivity contribution is 0.0985. The highest BCUT2D eigenvalue weighted by atomic mass is 16.5. The molecular formula is C30H40N6O2. The van der Waals surface area contributed by atoms with Crippen LogP contribution >= 0.6 is 0 Å². The van der Waals surface area contributed by atoms with Crippen LogP contribution in [-0.4, -0.2) is 71.4 Å². The van der Waals surface area contributed by atoms with Gasteiger partial charge in [0.05, 0.1) is 30.7 Å². The van der Waals surface area contributed by atoms with Crippen molar-refractivity contribution in [2.75, 3.05) is 56.1 Å². The Morgan fingerprint density at radius 3 is 2.53 bits per heavy atom. The third-order valence-corrected chi connectivity index (χ3v) is 7.59. The zero-order chi connectivity index (χ0) is 26.6. The molecule has 202 valence electrons. The van der Waals surface area contributed by atoms with Gasteiger partial charge in [-0.05, 0) is 74.7 Å². The van der Waals surface area contributed by atoms with Crippen molar-refractivity contribution in [3.63, 3.8) is 0 Å². The van der Waals surface area contributed by atoms with Crippen LogP contribution in [0.1, 0.15) is 46.8 Å². The minimum Gasteiger partial charge on any atom is -0.493 e. The first-order valence-electron chi connectivity index (χ1n) is 13.8. The van der Waals surface area contributed by atoms with Gasteiger partial charge in [0.25, 0.3) is 5.91 Å². The number of hydrogen-bond acceptors (Lipinski definition) is 6. The number of fused-ring (bicyclic) bond motifs is 2. The molecule has 0 unspecified atom stereocenters. The quantitative estimate of drug-likeness (QED) is 0.437. The molecular weight excluding hydrogens is 476 g/mol. The zero-order valence-corrected chi connectivity index (χ0v) is 23.2. The Hall–Kier alpha value is -3.36. The summed E-state index contributed by atoms with van der Waals surface area (Å²) in [5.41, 5.74) is 5.51. The number of benzene rings is 2. The Morgan fingerprint density at radius 2 is 1.79 bits per heavy atom. The second kappa shape index (κ2) is 11.6. The highest BCUT2D eigenvalue weighted by molar-refractivity contribution is 6.08. The van der Waals surface area contributed by atoms with E-state index in [2.05, 4.69) is 40.1 Å². The molecule has 0 aliphatic carbocycles. The van der Waals surface area contributed by atoms with Crippen LogP contribution in [0.25, 0.3) is 0 Å². The number of ether oxygens (including phenoxy) is 1. The molecule has 0 bridgehead atoms. The molecule has 0 atom stereocenters. The average molecular weight is 517 g/mol. The van der Waals surface area contributed by atoms with E-state index in [-0.39, 0.29) is 5.91 Å². The maximum atomic E-state index is 13.8. The van der Waals surface area contributed by atoms with E-state index in [1.165, 1.54) is 26.1 Å². The molecule has 1 fully saturated rings. The normalized spacial score (nSPS) is 15.9. The fraction of sp³-hybridized carbons (Fsp3) is 0.467. The number of rotatable bonds is 8. The number of carbonyl (C=O) groups is 1. The molecule has 1 saturated heterocycles. The van der Waals surface area contributed by atoms with Crippen molar-refractivity contribution in [2.24, 2.45) is 7.05 Å². The van der Waals surface area contributed by atoms with Gasteiger partial charge < -0.3 is 24.8 Å². The summed E-state index contributed by atoms with van der Waals surface area (Å²) in [5, 5.41) is 7.89. The second-order valence-electron chi connectivity index (χ2n) is 10.5. The Morgan fingerprint density at radius 1 is 1.03 bits per heavy atom. The van der Waals surface area contributed by atoms with Crippen molar-refractivity contribution in [3.8, 4) is 5.75 Å². The molecule has 8 heteroatoms. The van der Waals surface area contributed by atoms with Crippen LogP contribution in [0.2, 0.25) is 0 Å². The van der Waals surface area contributed by atoms with E-state index in [9.17, 15) is 4.79 Å². The first-order valence-corrected chi connectivity index (χ1v) is 13.8. The average Bonchev–Trinajstić information content (AvgIpc) is 3.16. The first kappa shape index (κ1) is 26.3. The van der Waals surface area contributed by atoms with Gasteiger partial charge in [-0.3, -0.25) is 9.48 Å². The molecule has 2 aliphatic rings. The summed E-state index contributed by atoms with van der Waals surface area (Å²) in [7, 11) is 1.91. The van der Waals surface area contributed by atoms with Crippen molar-refractivity contribution < 1.29 is 9.53 Å². The van der Waals surface area contributed by atoms with Crippen LogP contribution < -0.4 is 15.0 Å². The van der Waals surface area contributed by atoms with Crippen molar-refractivity contribution in [1.82, 2.24) is 19.6 Å². The molecule has 1 N–H and O–H groups in total. The smallest absolute Gasteiger partial charge is 0.258 e. The molecule has 3 heterocycles. The van der Waals surface area contributed by atoms with Gasteiger partial charge >= 0.3 is 0 Å². The fourth-order valence-electron chi connectivity index (χ4n) is 5.43. The SMILES string of the molecule is CCCN1CCN(CCCOc2ccc(C(=O)N3Cc4cnn(C)c4Nc4cc(C)ccc43)cc2C)CC1. The minimum atomic E-state index is -0.0366. The molecule has 1 aromatic heterocycles. The number of hydrogen-bond donors (Lipinski definition) is 1. The fourth-order valence-corrected chi connectivity index (χ4v) is 5.43. The summed E-state index contributed by atoms with van der Waals surface area (Å²) >= 11 is 0. The van der Waals surface area contributed by atoms with Crippen LogP contribution in [-0.2, 0) is 13.6 Å². The molecule has 2 aliphatic heterocycles. The highest BCUT2D eigenvalue weighted by Gasteiger charge is 2.27. The van der Waals surface area contributed by atoms with E-state index < -0.39 is 0 Å². The zero-order valence-electron chi connectivity index (χ0n) is 23.2. The number of anilines is 3. The van der Waals surface area contributed by atoms with E-state index in [1.54, 1.807) is 0 Å². The largest absolute Gasteiger partial charge is 0.493 e. The van der Waals surface area contributed by atoms with Crippen LogP contribution in [0.3, 0.4) is 0 Å². The van der Waals surface area contributed by atoms with E-state index in [4.69, 9.17) is 4.74 Å². The number of amides is 1. The maximum absolute atomic E-state index is 13.8. The van der Waals surface area contributed by atoms with Gasteiger partial charge in [-0.1, -0.05) is 13.0 Å². The van der Waals surface area contributed by atoms with Crippen molar-refractivity contribution in [2.45, 2.75) is 40.2 Å². The van der Waals surface area contributed by atoms with Crippen molar-refractivity contribution in [1.29, 1.82) is 0 Å². The molecule has 1 amide bonds. The Bertz CT molecular complexity index is 1280. The summed E-state index contributed by atoms with van der Waals surface area (Å²) in [6.45, 7) is 14.3. The van der Waals surface area contributed by atoms with E-state index in [1.807, 2.05) is 60.1 Å². The number of nitrogens with zero attached hydrogens (tertiary/aromatic N) is 5. The van der Waals surface area contributed by atoms with Crippen LogP contribution in [0.4, 0.5) is 17.2 Å². The molecule has 3 aromatic rings. The van der Waals surface area contributed by atoms with Gasteiger partial charge in [0, 0.05) is 50.9 Å². The third-order valence-electron chi connectivity index (χ3n) is 7.59. The molecule has 0 spiro atoms. The van der Waals surface area contributed by atoms with Crippen LogP contribution in [0.5, 0.6) is 5.75 Å². The minimum absolute atomic E-state index is 0.0366. The summed E-state index contributed by atoms with van der Waals surface area (Å²) in [4.78, 5) is 20.7. The topological polar surface area (TPSA) is 65.9 Å². The lowest BCUT2D eigenvalue weighted by Gasteiger charge is -2.34. The number of carbonyl (C=O) groups excluding carboxylic acids is 1. The van der Waals surface area contributed by atoms with Gasteiger partial charge in [0.1, 0.15) is 11.6 Å². The van der Waals surface area contributed by atoms with E-state index in [0.717, 1.165) is 65.7 Å². The Labute approximate surface area is 226 Å². The molecule has 8 nitrogen and oxygen atoms in total. The molecule has 2 aromatic carbocycles. The van der Waals surface area contributed by atoms with Crippen LogP contribution in [0, 0.1) is 13.8 Å². The highest BCUT2D eigenvalue weighted by Crippen LogP contribution is 2.37. The van der Waals surface area contributed by atoms with Crippen LogP contribution in [0.15, 0.2) is 42.6 Å². The molecule has 0 radical (unpaired) electrons. The Balaban J connectivity index is 1.22. The lowest BCUT2D eigenvalue weighted by atomic mass is 10.1. The number of piperazine rings is 1. The van der Waals surface area contributed by atoms with Gasteiger partial charge in [-0.15, -0.1) is 0 Å². The Kier molecular flexibility index (Phi) is 8.00. The first-order chi connectivity index (χ1) is 18.4. The number of aromatic nitrogens is 2. The van der Waals surface area contributed by atoms with Gasteiger partial charge in [-0.2, -0.15) is 5.10 Å². The third kappa shape index (κ3) is 5.71. The van der Waals surface area contributed by atoms with Gasteiger partial charge in [0.2, 0.25) is 0 Å². The molecule has 38 heavy (non-hydrogen) atoms. The number of aryl methyl sites for hydroxylation is 3. The molecule has 5 rings (SSSR count).